The Morgan fingerprint density at radius 1 is 0.938 bits per heavy atom. The van der Waals surface area contributed by atoms with Crippen molar-refractivity contribution in [2.75, 3.05) is 0 Å². The van der Waals surface area contributed by atoms with E-state index < -0.39 is 0 Å². The van der Waals surface area contributed by atoms with Gasteiger partial charge in [0.1, 0.15) is 11.6 Å². The molecule has 0 aliphatic heterocycles. The summed E-state index contributed by atoms with van der Waals surface area (Å²) in [5, 5.41) is 3.00. The summed E-state index contributed by atoms with van der Waals surface area (Å²) < 4.78 is 18.9. The fraction of sp³-hybridized carbons (Fsp3) is 0.115. The minimum atomic E-state index is -0.321. The highest BCUT2D eigenvalue weighted by Crippen LogP contribution is 2.23. The molecule has 1 unspecified atom stereocenters. The second kappa shape index (κ2) is 9.39. The Morgan fingerprint density at radius 3 is 2.31 bits per heavy atom. The quantitative estimate of drug-likeness (QED) is 0.418. The summed E-state index contributed by atoms with van der Waals surface area (Å²) in [5.74, 6) is 0.841. The third-order valence-corrected chi connectivity index (χ3v) is 5.00. The maximum Gasteiger partial charge on any atom is 0.251 e. The SMILES string of the molecule is Cc1ccc(C(C)NC(=O)c2ccc(Oc3ccnc(-c4ccc(F)cc4)n3)cc2)cc1. The van der Waals surface area contributed by atoms with Crippen LogP contribution in [-0.4, -0.2) is 15.9 Å². The molecule has 1 N–H and O–H groups in total. The third kappa shape index (κ3) is 5.16. The molecule has 0 aliphatic rings. The van der Waals surface area contributed by atoms with Crippen molar-refractivity contribution in [3.8, 4) is 23.0 Å². The van der Waals surface area contributed by atoms with Crippen LogP contribution in [0.4, 0.5) is 4.39 Å². The molecular formula is C26H22FN3O2. The fourth-order valence-corrected chi connectivity index (χ4v) is 3.15. The van der Waals surface area contributed by atoms with Crippen LogP contribution in [0.2, 0.25) is 0 Å². The molecule has 1 amide bonds. The van der Waals surface area contributed by atoms with Gasteiger partial charge in [-0.25, -0.2) is 9.37 Å². The molecule has 160 valence electrons. The lowest BCUT2D eigenvalue weighted by Gasteiger charge is -2.15. The topological polar surface area (TPSA) is 64.1 Å². The summed E-state index contributed by atoms with van der Waals surface area (Å²) in [6, 6.07) is 22.4. The van der Waals surface area contributed by atoms with Gasteiger partial charge in [0.15, 0.2) is 5.82 Å². The second-order valence-corrected chi connectivity index (χ2v) is 7.46. The van der Waals surface area contributed by atoms with Crippen LogP contribution in [-0.2, 0) is 0 Å². The number of amides is 1. The molecule has 6 heteroatoms. The van der Waals surface area contributed by atoms with Gasteiger partial charge in [0.25, 0.3) is 5.91 Å². The lowest BCUT2D eigenvalue weighted by Crippen LogP contribution is -2.26. The number of aryl methyl sites for hydroxylation is 1. The zero-order valence-corrected chi connectivity index (χ0v) is 17.7. The van der Waals surface area contributed by atoms with E-state index in [9.17, 15) is 9.18 Å². The molecule has 0 bridgehead atoms. The Hall–Kier alpha value is -4.06. The fourth-order valence-electron chi connectivity index (χ4n) is 3.15. The van der Waals surface area contributed by atoms with Crippen molar-refractivity contribution in [1.82, 2.24) is 15.3 Å². The van der Waals surface area contributed by atoms with Crippen LogP contribution in [0.3, 0.4) is 0 Å². The Kier molecular flexibility index (Phi) is 6.22. The zero-order valence-electron chi connectivity index (χ0n) is 17.7. The average Bonchev–Trinajstić information content (AvgIpc) is 2.80. The van der Waals surface area contributed by atoms with Crippen molar-refractivity contribution < 1.29 is 13.9 Å². The Balaban J connectivity index is 1.41. The van der Waals surface area contributed by atoms with Crippen molar-refractivity contribution >= 4 is 5.91 Å². The molecule has 0 aliphatic carbocycles. The van der Waals surface area contributed by atoms with Crippen molar-refractivity contribution in [2.24, 2.45) is 0 Å². The minimum Gasteiger partial charge on any atom is -0.439 e. The highest BCUT2D eigenvalue weighted by molar-refractivity contribution is 5.94. The Bertz CT molecular complexity index is 1210. The van der Waals surface area contributed by atoms with Gasteiger partial charge in [0.2, 0.25) is 5.88 Å². The van der Waals surface area contributed by atoms with Crippen molar-refractivity contribution in [3.63, 3.8) is 0 Å². The van der Waals surface area contributed by atoms with Crippen molar-refractivity contribution in [3.05, 3.63) is 108 Å². The molecule has 0 spiro atoms. The van der Waals surface area contributed by atoms with Crippen LogP contribution in [0.25, 0.3) is 11.4 Å². The Labute approximate surface area is 185 Å². The molecule has 0 saturated carbocycles. The molecule has 4 rings (SSSR count). The number of rotatable bonds is 6. The van der Waals surface area contributed by atoms with Crippen LogP contribution in [0.1, 0.15) is 34.5 Å². The number of nitrogens with one attached hydrogen (secondary N) is 1. The summed E-state index contributed by atoms with van der Waals surface area (Å²) in [4.78, 5) is 21.2. The average molecular weight is 427 g/mol. The molecule has 32 heavy (non-hydrogen) atoms. The summed E-state index contributed by atoms with van der Waals surface area (Å²) in [6.07, 6.45) is 1.58. The van der Waals surface area contributed by atoms with Crippen LogP contribution in [0.15, 0.2) is 85.1 Å². The van der Waals surface area contributed by atoms with E-state index in [2.05, 4.69) is 15.3 Å². The maximum absolute atomic E-state index is 13.1. The zero-order chi connectivity index (χ0) is 22.5. The molecule has 4 aromatic rings. The number of carbonyl (C=O) groups excluding carboxylic acids is 1. The Morgan fingerprint density at radius 2 is 1.62 bits per heavy atom. The molecule has 0 saturated heterocycles. The molecule has 1 atom stereocenters. The normalized spacial score (nSPS) is 11.6. The van der Waals surface area contributed by atoms with Crippen LogP contribution < -0.4 is 10.1 Å². The largest absolute Gasteiger partial charge is 0.439 e. The van der Waals surface area contributed by atoms with Crippen LogP contribution in [0.5, 0.6) is 11.6 Å². The number of hydrogen-bond donors (Lipinski definition) is 1. The highest BCUT2D eigenvalue weighted by atomic mass is 19.1. The minimum absolute atomic E-state index is 0.107. The molecule has 1 aromatic heterocycles. The summed E-state index contributed by atoms with van der Waals surface area (Å²) >= 11 is 0. The highest BCUT2D eigenvalue weighted by Gasteiger charge is 2.12. The van der Waals surface area contributed by atoms with E-state index in [1.165, 1.54) is 17.7 Å². The van der Waals surface area contributed by atoms with E-state index in [0.29, 0.717) is 28.6 Å². The standard InChI is InChI=1S/C26H22FN3O2/c1-17-3-5-19(6-4-17)18(2)29-26(31)21-9-13-23(14-10-21)32-24-15-16-28-25(30-24)20-7-11-22(27)12-8-20/h3-16,18H,1-2H3,(H,29,31). The number of nitrogens with zero attached hydrogens (tertiary/aromatic N) is 2. The van der Waals surface area contributed by atoms with Crippen LogP contribution in [0, 0.1) is 12.7 Å². The second-order valence-electron chi connectivity index (χ2n) is 7.46. The number of halogens is 1. The first kappa shape index (κ1) is 21.2. The maximum atomic E-state index is 13.1. The van der Waals surface area contributed by atoms with Gasteiger partial charge in [-0.15, -0.1) is 0 Å². The first-order chi connectivity index (χ1) is 15.5. The van der Waals surface area contributed by atoms with Gasteiger partial charge in [0.05, 0.1) is 6.04 Å². The van der Waals surface area contributed by atoms with Gasteiger partial charge < -0.3 is 10.1 Å². The lowest BCUT2D eigenvalue weighted by atomic mass is 10.1. The predicted molar refractivity (Wildman–Crippen MR) is 121 cm³/mol. The van der Waals surface area contributed by atoms with Crippen LogP contribution >= 0.6 is 0 Å². The van der Waals surface area contributed by atoms with Crippen molar-refractivity contribution in [2.45, 2.75) is 19.9 Å². The van der Waals surface area contributed by atoms with Gasteiger partial charge in [-0.3, -0.25) is 4.79 Å². The van der Waals surface area contributed by atoms with Gasteiger partial charge >= 0.3 is 0 Å². The molecule has 1 heterocycles. The number of ether oxygens (including phenoxy) is 1. The van der Waals surface area contributed by atoms with E-state index >= 15 is 0 Å². The number of benzene rings is 3. The van der Waals surface area contributed by atoms with Gasteiger partial charge in [-0.2, -0.15) is 4.98 Å². The van der Waals surface area contributed by atoms with Gasteiger partial charge in [0, 0.05) is 23.4 Å². The van der Waals surface area contributed by atoms with Crippen molar-refractivity contribution in [1.29, 1.82) is 0 Å². The first-order valence-electron chi connectivity index (χ1n) is 10.2. The van der Waals surface area contributed by atoms with Gasteiger partial charge in [-0.1, -0.05) is 29.8 Å². The van der Waals surface area contributed by atoms with E-state index in [0.717, 1.165) is 5.56 Å². The molecule has 0 radical (unpaired) electrons. The number of aromatic nitrogens is 2. The van der Waals surface area contributed by atoms with Gasteiger partial charge in [-0.05, 0) is 67.9 Å². The van der Waals surface area contributed by atoms with E-state index in [-0.39, 0.29) is 17.8 Å². The lowest BCUT2D eigenvalue weighted by molar-refractivity contribution is 0.0940. The molecule has 3 aromatic carbocycles. The predicted octanol–water partition coefficient (Wildman–Crippen LogP) is 5.87. The summed E-state index contributed by atoms with van der Waals surface area (Å²) in [6.45, 7) is 3.98. The summed E-state index contributed by atoms with van der Waals surface area (Å²) in [5.41, 5.74) is 3.44. The molecule has 5 nitrogen and oxygen atoms in total. The third-order valence-electron chi connectivity index (χ3n) is 5.00. The number of carbonyl (C=O) groups is 1. The van der Waals surface area contributed by atoms with E-state index in [4.69, 9.17) is 4.74 Å². The molecule has 0 fully saturated rings. The number of hydrogen-bond acceptors (Lipinski definition) is 4. The van der Waals surface area contributed by atoms with E-state index in [1.807, 2.05) is 38.1 Å². The first-order valence-corrected chi connectivity index (χ1v) is 10.2. The summed E-state index contributed by atoms with van der Waals surface area (Å²) in [7, 11) is 0. The molecular weight excluding hydrogens is 405 g/mol. The monoisotopic (exact) mass is 427 g/mol. The van der Waals surface area contributed by atoms with E-state index in [1.54, 1.807) is 48.7 Å². The smallest absolute Gasteiger partial charge is 0.251 e.